The van der Waals surface area contributed by atoms with Gasteiger partial charge in [-0.25, -0.2) is 4.79 Å². The van der Waals surface area contributed by atoms with Gasteiger partial charge in [0.25, 0.3) is 0 Å². The van der Waals surface area contributed by atoms with Gasteiger partial charge in [-0.3, -0.25) is 0 Å². The molecule has 1 fully saturated rings. The molecule has 0 saturated heterocycles. The summed E-state index contributed by atoms with van der Waals surface area (Å²) < 4.78 is 4.73. The molecule has 0 bridgehead atoms. The summed E-state index contributed by atoms with van der Waals surface area (Å²) in [6, 6.07) is 5.84. The quantitative estimate of drug-likeness (QED) is 0.646. The predicted molar refractivity (Wildman–Crippen MR) is 77.2 cm³/mol. The standard InChI is InChI=1S/C15H22N2O2/c1-10(11-5-3-4-6-11)17-12-7-8-14(16)13(9-12)15(18)19-2/h7-11,17H,3-6,16H2,1-2H3. The molecule has 4 heteroatoms. The molecule has 0 spiro atoms. The summed E-state index contributed by atoms with van der Waals surface area (Å²) in [5, 5.41) is 3.47. The number of hydrogen-bond donors (Lipinski definition) is 2. The number of hydrogen-bond acceptors (Lipinski definition) is 4. The Morgan fingerprint density at radius 1 is 1.42 bits per heavy atom. The molecule has 1 unspecified atom stereocenters. The average Bonchev–Trinajstić information content (AvgIpc) is 2.94. The second kappa shape index (κ2) is 5.95. The number of carbonyl (C=O) groups excluding carboxylic acids is 1. The first-order chi connectivity index (χ1) is 9.11. The van der Waals surface area contributed by atoms with Crippen molar-refractivity contribution in [2.75, 3.05) is 18.2 Å². The molecule has 1 aliphatic carbocycles. The molecule has 0 aliphatic heterocycles. The number of methoxy groups -OCH3 is 1. The minimum Gasteiger partial charge on any atom is -0.465 e. The van der Waals surface area contributed by atoms with Crippen LogP contribution >= 0.6 is 0 Å². The molecule has 0 heterocycles. The topological polar surface area (TPSA) is 64.3 Å². The first-order valence-electron chi connectivity index (χ1n) is 6.86. The highest BCUT2D eigenvalue weighted by atomic mass is 16.5. The zero-order chi connectivity index (χ0) is 13.8. The van der Waals surface area contributed by atoms with Crippen molar-refractivity contribution < 1.29 is 9.53 Å². The number of rotatable bonds is 4. The van der Waals surface area contributed by atoms with Gasteiger partial charge >= 0.3 is 5.97 Å². The molecule has 1 atom stereocenters. The van der Waals surface area contributed by atoms with Crippen LogP contribution in [0.1, 0.15) is 43.0 Å². The van der Waals surface area contributed by atoms with Crippen LogP contribution in [0.2, 0.25) is 0 Å². The van der Waals surface area contributed by atoms with Crippen molar-refractivity contribution in [3.63, 3.8) is 0 Å². The second-order valence-corrected chi connectivity index (χ2v) is 5.27. The lowest BCUT2D eigenvalue weighted by Gasteiger charge is -2.22. The third-order valence-electron chi connectivity index (χ3n) is 3.96. The monoisotopic (exact) mass is 262 g/mol. The number of anilines is 2. The van der Waals surface area contributed by atoms with E-state index in [9.17, 15) is 4.79 Å². The number of ether oxygens (including phenoxy) is 1. The van der Waals surface area contributed by atoms with Gasteiger partial charge in [0, 0.05) is 17.4 Å². The summed E-state index contributed by atoms with van der Waals surface area (Å²) in [7, 11) is 1.36. The van der Waals surface area contributed by atoms with E-state index < -0.39 is 5.97 Å². The first kappa shape index (κ1) is 13.7. The van der Waals surface area contributed by atoms with Crippen molar-refractivity contribution in [3.8, 4) is 0 Å². The van der Waals surface area contributed by atoms with Crippen LogP contribution in [0.15, 0.2) is 18.2 Å². The lowest BCUT2D eigenvalue weighted by atomic mass is 9.99. The summed E-state index contributed by atoms with van der Waals surface area (Å²) in [4.78, 5) is 11.6. The van der Waals surface area contributed by atoms with E-state index in [2.05, 4.69) is 12.2 Å². The molecule has 3 N–H and O–H groups in total. The number of nitrogens with one attached hydrogen (secondary N) is 1. The summed E-state index contributed by atoms with van der Waals surface area (Å²) in [5.41, 5.74) is 7.59. The maximum atomic E-state index is 11.6. The molecule has 0 amide bonds. The Bertz CT molecular complexity index is 453. The number of carbonyl (C=O) groups is 1. The highest BCUT2D eigenvalue weighted by Gasteiger charge is 2.21. The van der Waals surface area contributed by atoms with Crippen molar-refractivity contribution in [2.24, 2.45) is 5.92 Å². The van der Waals surface area contributed by atoms with Gasteiger partial charge in [0.05, 0.1) is 12.7 Å². The Balaban J connectivity index is 2.10. The van der Waals surface area contributed by atoms with Gasteiger partial charge in [-0.05, 0) is 43.9 Å². The maximum Gasteiger partial charge on any atom is 0.340 e. The van der Waals surface area contributed by atoms with Crippen LogP contribution in [0.25, 0.3) is 0 Å². The molecule has 0 aromatic heterocycles. The molecule has 1 aliphatic rings. The maximum absolute atomic E-state index is 11.6. The molecule has 1 aromatic carbocycles. The fourth-order valence-electron chi connectivity index (χ4n) is 2.77. The van der Waals surface area contributed by atoms with Crippen molar-refractivity contribution in [3.05, 3.63) is 23.8 Å². The fraction of sp³-hybridized carbons (Fsp3) is 0.533. The normalized spacial score (nSPS) is 17.2. The molecule has 4 nitrogen and oxygen atoms in total. The van der Waals surface area contributed by atoms with E-state index in [0.717, 1.165) is 11.6 Å². The van der Waals surface area contributed by atoms with Crippen LogP contribution in [-0.2, 0) is 4.74 Å². The minimum atomic E-state index is -0.394. The van der Waals surface area contributed by atoms with Crippen LogP contribution in [0.5, 0.6) is 0 Å². The number of esters is 1. The van der Waals surface area contributed by atoms with E-state index in [-0.39, 0.29) is 0 Å². The van der Waals surface area contributed by atoms with Crippen LogP contribution in [-0.4, -0.2) is 19.1 Å². The van der Waals surface area contributed by atoms with E-state index >= 15 is 0 Å². The SMILES string of the molecule is COC(=O)c1cc(NC(C)C2CCCC2)ccc1N. The molecular weight excluding hydrogens is 240 g/mol. The van der Waals surface area contributed by atoms with Crippen LogP contribution in [0.4, 0.5) is 11.4 Å². The van der Waals surface area contributed by atoms with E-state index in [0.29, 0.717) is 17.3 Å². The van der Waals surface area contributed by atoms with Gasteiger partial charge in [0.2, 0.25) is 0 Å². The summed E-state index contributed by atoms with van der Waals surface area (Å²) >= 11 is 0. The van der Waals surface area contributed by atoms with E-state index in [1.54, 1.807) is 12.1 Å². The Labute approximate surface area is 114 Å². The molecule has 1 saturated carbocycles. The molecule has 1 aromatic rings. The van der Waals surface area contributed by atoms with E-state index in [1.807, 2.05) is 6.07 Å². The average molecular weight is 262 g/mol. The van der Waals surface area contributed by atoms with Crippen LogP contribution in [0, 0.1) is 5.92 Å². The molecule has 19 heavy (non-hydrogen) atoms. The van der Waals surface area contributed by atoms with E-state index in [4.69, 9.17) is 10.5 Å². The van der Waals surface area contributed by atoms with Gasteiger partial charge in [0.1, 0.15) is 0 Å². The number of benzene rings is 1. The zero-order valence-electron chi connectivity index (χ0n) is 11.6. The Kier molecular flexibility index (Phi) is 4.30. The third kappa shape index (κ3) is 3.19. The van der Waals surface area contributed by atoms with Crippen molar-refractivity contribution in [1.82, 2.24) is 0 Å². The molecule has 104 valence electrons. The second-order valence-electron chi connectivity index (χ2n) is 5.27. The van der Waals surface area contributed by atoms with Crippen molar-refractivity contribution in [2.45, 2.75) is 38.6 Å². The summed E-state index contributed by atoms with van der Waals surface area (Å²) in [6.45, 7) is 2.20. The smallest absolute Gasteiger partial charge is 0.340 e. The summed E-state index contributed by atoms with van der Waals surface area (Å²) in [5.74, 6) is 0.328. The van der Waals surface area contributed by atoms with Crippen molar-refractivity contribution in [1.29, 1.82) is 0 Å². The molecule has 0 radical (unpaired) electrons. The van der Waals surface area contributed by atoms with Gasteiger partial charge in [-0.1, -0.05) is 12.8 Å². The first-order valence-corrected chi connectivity index (χ1v) is 6.86. The molecule has 2 rings (SSSR count). The predicted octanol–water partition coefficient (Wildman–Crippen LogP) is 3.05. The highest BCUT2D eigenvalue weighted by molar-refractivity contribution is 5.96. The van der Waals surface area contributed by atoms with Gasteiger partial charge in [-0.2, -0.15) is 0 Å². The third-order valence-corrected chi connectivity index (χ3v) is 3.96. The van der Waals surface area contributed by atoms with Gasteiger partial charge in [-0.15, -0.1) is 0 Å². The lowest BCUT2D eigenvalue weighted by Crippen LogP contribution is -2.24. The van der Waals surface area contributed by atoms with Gasteiger partial charge in [0.15, 0.2) is 0 Å². The Morgan fingerprint density at radius 2 is 2.11 bits per heavy atom. The fourth-order valence-corrected chi connectivity index (χ4v) is 2.77. The van der Waals surface area contributed by atoms with Crippen molar-refractivity contribution >= 4 is 17.3 Å². The van der Waals surface area contributed by atoms with Crippen LogP contribution < -0.4 is 11.1 Å². The minimum absolute atomic E-state index is 0.394. The number of nitrogen functional groups attached to an aromatic ring is 1. The Morgan fingerprint density at radius 3 is 2.74 bits per heavy atom. The zero-order valence-corrected chi connectivity index (χ0v) is 11.6. The molecular formula is C15H22N2O2. The highest BCUT2D eigenvalue weighted by Crippen LogP contribution is 2.29. The van der Waals surface area contributed by atoms with Crippen LogP contribution in [0.3, 0.4) is 0 Å². The Hall–Kier alpha value is -1.71. The largest absolute Gasteiger partial charge is 0.465 e. The lowest BCUT2D eigenvalue weighted by molar-refractivity contribution is 0.0602. The number of nitrogens with two attached hydrogens (primary N) is 1. The van der Waals surface area contributed by atoms with Gasteiger partial charge < -0.3 is 15.8 Å². The summed E-state index contributed by atoms with van der Waals surface area (Å²) in [6.07, 6.45) is 5.22. The van der Waals surface area contributed by atoms with E-state index in [1.165, 1.54) is 32.8 Å².